The van der Waals surface area contributed by atoms with Crippen LogP contribution in [-0.2, 0) is 11.3 Å². The number of hydrogen-bond acceptors (Lipinski definition) is 4. The van der Waals surface area contributed by atoms with Gasteiger partial charge in [-0.05, 0) is 25.1 Å². The van der Waals surface area contributed by atoms with Crippen LogP contribution in [0.4, 0.5) is 8.78 Å². The molecule has 0 aliphatic carbocycles. The molecule has 1 aromatic carbocycles. The summed E-state index contributed by atoms with van der Waals surface area (Å²) in [5.74, 6) is -1.91. The summed E-state index contributed by atoms with van der Waals surface area (Å²) in [6.07, 6.45) is 0. The predicted molar refractivity (Wildman–Crippen MR) is 82.0 cm³/mol. The Morgan fingerprint density at radius 3 is 2.71 bits per heavy atom. The van der Waals surface area contributed by atoms with Crippen molar-refractivity contribution >= 4 is 16.9 Å². The lowest BCUT2D eigenvalue weighted by Crippen LogP contribution is -2.14. The minimum absolute atomic E-state index is 0.0158. The van der Waals surface area contributed by atoms with E-state index in [9.17, 15) is 18.4 Å². The lowest BCUT2D eigenvalue weighted by Gasteiger charge is -2.14. The van der Waals surface area contributed by atoms with Crippen LogP contribution in [0.5, 0.6) is 0 Å². The van der Waals surface area contributed by atoms with E-state index in [1.165, 1.54) is 23.8 Å². The molecule has 0 radical (unpaired) electrons. The van der Waals surface area contributed by atoms with Crippen LogP contribution in [0.15, 0.2) is 39.5 Å². The number of carbonyl (C=O) groups is 1. The average molecular weight is 333 g/mol. The van der Waals surface area contributed by atoms with Crippen molar-refractivity contribution in [2.24, 2.45) is 0 Å². The topological polar surface area (TPSA) is 61.4 Å². The summed E-state index contributed by atoms with van der Waals surface area (Å²) in [6.45, 7) is 1.70. The number of rotatable bonds is 3. The van der Waals surface area contributed by atoms with Crippen molar-refractivity contribution in [2.45, 2.75) is 13.5 Å². The van der Waals surface area contributed by atoms with E-state index in [4.69, 9.17) is 4.42 Å². The maximum absolute atomic E-state index is 14.3. The third-order valence-corrected chi connectivity index (χ3v) is 3.69. The van der Waals surface area contributed by atoms with Gasteiger partial charge in [0.2, 0.25) is 5.76 Å². The number of benzene rings is 1. The molecular formula is C17H13F2NO4. The Morgan fingerprint density at radius 2 is 2.00 bits per heavy atom. The number of pyridine rings is 1. The summed E-state index contributed by atoms with van der Waals surface area (Å²) < 4.78 is 39.1. The largest absolute Gasteiger partial charge is 0.463 e. The molecule has 2 aromatic heterocycles. The van der Waals surface area contributed by atoms with Gasteiger partial charge >= 0.3 is 5.97 Å². The zero-order valence-corrected chi connectivity index (χ0v) is 12.9. The fraction of sp³-hybridized carbons (Fsp3) is 0.176. The summed E-state index contributed by atoms with van der Waals surface area (Å²) in [5, 5.41) is -0.0575. The highest BCUT2D eigenvalue weighted by Crippen LogP contribution is 2.21. The number of methoxy groups -OCH3 is 1. The van der Waals surface area contributed by atoms with Crippen molar-refractivity contribution in [3.05, 3.63) is 69.4 Å². The van der Waals surface area contributed by atoms with Gasteiger partial charge in [0.15, 0.2) is 11.2 Å². The van der Waals surface area contributed by atoms with Crippen molar-refractivity contribution < 1.29 is 22.7 Å². The quantitative estimate of drug-likeness (QED) is 0.691. The Balaban J connectivity index is 2.14. The van der Waals surface area contributed by atoms with Gasteiger partial charge < -0.3 is 13.7 Å². The molecule has 0 saturated heterocycles. The number of hydrogen-bond donors (Lipinski definition) is 0. The Labute approximate surface area is 135 Å². The second kappa shape index (κ2) is 5.92. The number of nitrogens with zero attached hydrogens (tertiary/aromatic N) is 1. The molecule has 3 aromatic rings. The van der Waals surface area contributed by atoms with Gasteiger partial charge in [0, 0.05) is 17.8 Å². The molecular weight excluding hydrogens is 320 g/mol. The molecule has 0 saturated carbocycles. The third kappa shape index (κ3) is 2.68. The summed E-state index contributed by atoms with van der Waals surface area (Å²) in [7, 11) is 1.23. The van der Waals surface area contributed by atoms with Crippen molar-refractivity contribution in [1.29, 1.82) is 0 Å². The Hall–Kier alpha value is -2.96. The number of ether oxygens (including phenoxy) is 1. The van der Waals surface area contributed by atoms with E-state index in [0.717, 1.165) is 12.1 Å². The molecule has 7 heteroatoms. The van der Waals surface area contributed by atoms with Gasteiger partial charge in [-0.15, -0.1) is 0 Å². The number of esters is 1. The van der Waals surface area contributed by atoms with Crippen LogP contribution in [-0.4, -0.2) is 17.6 Å². The number of carbonyl (C=O) groups excluding carboxylic acids is 1. The molecule has 3 rings (SSSR count). The second-order valence-corrected chi connectivity index (χ2v) is 5.28. The maximum atomic E-state index is 14.3. The van der Waals surface area contributed by atoms with Crippen LogP contribution >= 0.6 is 0 Å². The van der Waals surface area contributed by atoms with Crippen LogP contribution in [0.3, 0.4) is 0 Å². The number of fused-ring (bicyclic) bond motifs is 1. The van der Waals surface area contributed by atoms with E-state index in [0.29, 0.717) is 11.5 Å². The van der Waals surface area contributed by atoms with Gasteiger partial charge in [-0.2, -0.15) is 0 Å². The molecule has 124 valence electrons. The normalized spacial score (nSPS) is 11.0. The van der Waals surface area contributed by atoms with Gasteiger partial charge in [0.05, 0.1) is 24.6 Å². The van der Waals surface area contributed by atoms with Gasteiger partial charge in [0.1, 0.15) is 11.6 Å². The van der Waals surface area contributed by atoms with Gasteiger partial charge in [0.25, 0.3) is 0 Å². The minimum Gasteiger partial charge on any atom is -0.463 e. The highest BCUT2D eigenvalue weighted by Gasteiger charge is 2.16. The molecule has 0 spiro atoms. The SMILES string of the molecule is COC(=O)c1ccc(Cn2c(C)cc(=O)c3cc(F)cc(F)c32)o1. The molecule has 0 unspecified atom stereocenters. The number of halogens is 2. The molecule has 5 nitrogen and oxygen atoms in total. The van der Waals surface area contributed by atoms with Crippen molar-refractivity contribution in [3.63, 3.8) is 0 Å². The van der Waals surface area contributed by atoms with Crippen LogP contribution < -0.4 is 5.43 Å². The monoisotopic (exact) mass is 333 g/mol. The molecule has 2 heterocycles. The van der Waals surface area contributed by atoms with E-state index in [1.54, 1.807) is 13.0 Å². The van der Waals surface area contributed by atoms with Crippen molar-refractivity contribution in [2.75, 3.05) is 7.11 Å². The minimum atomic E-state index is -0.842. The molecule has 0 amide bonds. The first kappa shape index (κ1) is 15.9. The number of furan rings is 1. The zero-order chi connectivity index (χ0) is 17.4. The molecule has 0 N–H and O–H groups in total. The van der Waals surface area contributed by atoms with Crippen molar-refractivity contribution in [3.8, 4) is 0 Å². The van der Waals surface area contributed by atoms with E-state index in [2.05, 4.69) is 4.74 Å². The van der Waals surface area contributed by atoms with Crippen LogP contribution in [0.25, 0.3) is 10.9 Å². The second-order valence-electron chi connectivity index (χ2n) is 5.28. The van der Waals surface area contributed by atoms with Gasteiger partial charge in [-0.25, -0.2) is 13.6 Å². The van der Waals surface area contributed by atoms with Crippen LogP contribution in [0.1, 0.15) is 22.0 Å². The Morgan fingerprint density at radius 1 is 1.25 bits per heavy atom. The highest BCUT2D eigenvalue weighted by molar-refractivity contribution is 5.86. The van der Waals surface area contributed by atoms with Crippen LogP contribution in [0.2, 0.25) is 0 Å². The molecule has 0 fully saturated rings. The van der Waals surface area contributed by atoms with Gasteiger partial charge in [-0.1, -0.05) is 0 Å². The summed E-state index contributed by atoms with van der Waals surface area (Å²) in [6, 6.07) is 6.01. The lowest BCUT2D eigenvalue weighted by molar-refractivity contribution is 0.0563. The van der Waals surface area contributed by atoms with Gasteiger partial charge in [-0.3, -0.25) is 4.79 Å². The lowest BCUT2D eigenvalue weighted by atomic mass is 10.1. The average Bonchev–Trinajstić information content (AvgIpc) is 2.99. The highest BCUT2D eigenvalue weighted by atomic mass is 19.1. The van der Waals surface area contributed by atoms with Crippen LogP contribution in [0, 0.1) is 18.6 Å². The fourth-order valence-corrected chi connectivity index (χ4v) is 2.58. The smallest absolute Gasteiger partial charge is 0.373 e. The molecule has 0 bridgehead atoms. The Bertz CT molecular complexity index is 1000. The Kier molecular flexibility index (Phi) is 3.92. The van der Waals surface area contributed by atoms with E-state index in [-0.39, 0.29) is 23.2 Å². The summed E-state index contributed by atoms with van der Waals surface area (Å²) >= 11 is 0. The number of aromatic nitrogens is 1. The first-order valence-corrected chi connectivity index (χ1v) is 7.07. The molecule has 0 aliphatic rings. The first-order valence-electron chi connectivity index (χ1n) is 7.07. The predicted octanol–water partition coefficient (Wildman–Crippen LogP) is 3.02. The molecule has 0 atom stereocenters. The summed E-state index contributed by atoms with van der Waals surface area (Å²) in [5.41, 5.74) is -0.00158. The van der Waals surface area contributed by atoms with Crippen molar-refractivity contribution in [1.82, 2.24) is 4.57 Å². The third-order valence-electron chi connectivity index (χ3n) is 3.69. The van der Waals surface area contributed by atoms with E-state index >= 15 is 0 Å². The number of aryl methyl sites for hydroxylation is 1. The molecule has 24 heavy (non-hydrogen) atoms. The fourth-order valence-electron chi connectivity index (χ4n) is 2.58. The first-order chi connectivity index (χ1) is 11.4. The standard InChI is InChI=1S/C17H13F2NO4/c1-9-5-14(21)12-6-10(18)7-13(19)16(12)20(9)8-11-3-4-15(24-11)17(22)23-2/h3-7H,8H2,1-2H3. The molecule has 0 aliphatic heterocycles. The van der Waals surface area contributed by atoms with E-state index in [1.807, 2.05) is 0 Å². The van der Waals surface area contributed by atoms with E-state index < -0.39 is 23.0 Å². The maximum Gasteiger partial charge on any atom is 0.373 e. The zero-order valence-electron chi connectivity index (χ0n) is 12.9. The summed E-state index contributed by atoms with van der Waals surface area (Å²) in [4.78, 5) is 23.4.